The largest absolute Gasteiger partial charge is 0.388 e. The van der Waals surface area contributed by atoms with Gasteiger partial charge in [0.2, 0.25) is 0 Å². The van der Waals surface area contributed by atoms with E-state index >= 15 is 0 Å². The molecule has 1 aliphatic heterocycles. The lowest BCUT2D eigenvalue weighted by Crippen LogP contribution is -2.47. The molecule has 0 unspecified atom stereocenters. The van der Waals surface area contributed by atoms with E-state index in [-0.39, 0.29) is 12.1 Å². The van der Waals surface area contributed by atoms with Crippen molar-refractivity contribution in [1.29, 1.82) is 0 Å². The highest BCUT2D eigenvalue weighted by atomic mass is 79.9. The lowest BCUT2D eigenvalue weighted by molar-refractivity contribution is -0.0365. The third-order valence-corrected chi connectivity index (χ3v) is 6.35. The summed E-state index contributed by atoms with van der Waals surface area (Å²) in [6.45, 7) is 2.66. The predicted molar refractivity (Wildman–Crippen MR) is 127 cm³/mol. The fraction of sp³-hybridized carbons (Fsp3) is 0.304. The molecule has 2 heterocycles. The van der Waals surface area contributed by atoms with Crippen LogP contribution in [0.15, 0.2) is 70.2 Å². The topological polar surface area (TPSA) is 70.4 Å². The molecule has 162 valence electrons. The smallest absolute Gasteiger partial charge is 0.255 e. The van der Waals surface area contributed by atoms with Gasteiger partial charge in [-0.25, -0.2) is 4.98 Å². The first-order valence-corrected chi connectivity index (χ1v) is 11.3. The second-order valence-electron chi connectivity index (χ2n) is 8.00. The lowest BCUT2D eigenvalue weighted by atomic mass is 9.91. The number of nitrogens with zero attached hydrogens (tertiary/aromatic N) is 3. The molecule has 0 amide bonds. The fourth-order valence-corrected chi connectivity index (χ4v) is 4.14. The molecule has 1 fully saturated rings. The molecule has 31 heavy (non-hydrogen) atoms. The molecule has 1 aromatic heterocycles. The van der Waals surface area contributed by atoms with Gasteiger partial charge in [0.25, 0.3) is 5.56 Å². The Morgan fingerprint density at radius 3 is 2.42 bits per heavy atom. The van der Waals surface area contributed by atoms with Crippen LogP contribution in [0.1, 0.15) is 18.4 Å². The van der Waals surface area contributed by atoms with Gasteiger partial charge in [-0.15, -0.1) is 0 Å². The SMILES string of the molecule is O=c1cc(Nc2ccc(Cl)cc2)ncn1CC1(O)CCN(Cc2ccc(Br)cc2)CC1. The Morgan fingerprint density at radius 2 is 1.77 bits per heavy atom. The van der Waals surface area contributed by atoms with Gasteiger partial charge in [-0.2, -0.15) is 0 Å². The number of hydrogen-bond donors (Lipinski definition) is 2. The molecule has 4 rings (SSSR count). The first kappa shape index (κ1) is 22.0. The number of benzene rings is 2. The predicted octanol–water partition coefficient (Wildman–Crippen LogP) is 4.43. The quantitative estimate of drug-likeness (QED) is 0.521. The zero-order valence-corrected chi connectivity index (χ0v) is 19.3. The van der Waals surface area contributed by atoms with E-state index in [0.717, 1.165) is 29.8 Å². The second kappa shape index (κ2) is 9.53. The molecule has 1 saturated heterocycles. The van der Waals surface area contributed by atoms with E-state index in [2.05, 4.69) is 43.3 Å². The van der Waals surface area contributed by atoms with Crippen LogP contribution >= 0.6 is 27.5 Å². The molecule has 0 atom stereocenters. The summed E-state index contributed by atoms with van der Waals surface area (Å²) in [5, 5.41) is 14.8. The van der Waals surface area contributed by atoms with Crippen LogP contribution < -0.4 is 10.9 Å². The van der Waals surface area contributed by atoms with Gasteiger partial charge in [-0.1, -0.05) is 39.7 Å². The van der Waals surface area contributed by atoms with Crippen molar-refractivity contribution in [3.05, 3.63) is 86.3 Å². The Labute approximate surface area is 194 Å². The van der Waals surface area contributed by atoms with Crippen molar-refractivity contribution in [3.8, 4) is 0 Å². The summed E-state index contributed by atoms with van der Waals surface area (Å²) in [5.41, 5.74) is 0.938. The maximum Gasteiger partial charge on any atom is 0.255 e. The number of hydrogen-bond acceptors (Lipinski definition) is 5. The molecule has 2 N–H and O–H groups in total. The van der Waals surface area contributed by atoms with Crippen LogP contribution in [0.4, 0.5) is 11.5 Å². The summed E-state index contributed by atoms with van der Waals surface area (Å²) in [7, 11) is 0. The number of aromatic nitrogens is 2. The van der Waals surface area contributed by atoms with Gasteiger partial charge in [0, 0.05) is 40.9 Å². The molecule has 6 nitrogen and oxygen atoms in total. The van der Waals surface area contributed by atoms with Crippen molar-refractivity contribution in [2.75, 3.05) is 18.4 Å². The number of halogens is 2. The molecule has 2 aromatic carbocycles. The first-order chi connectivity index (χ1) is 14.9. The van der Waals surface area contributed by atoms with E-state index in [9.17, 15) is 9.90 Å². The van der Waals surface area contributed by atoms with Crippen LogP contribution in [0, 0.1) is 0 Å². The van der Waals surface area contributed by atoms with E-state index in [1.165, 1.54) is 22.5 Å². The highest BCUT2D eigenvalue weighted by Gasteiger charge is 2.33. The standard InChI is InChI=1S/C23H24BrClN4O2/c24-18-3-1-17(2-4-18)14-28-11-9-23(31,10-12-28)15-29-16-26-21(13-22(29)30)27-20-7-5-19(25)6-8-20/h1-8,13,16,27,31H,9-12,14-15H2. The average Bonchev–Trinajstić information content (AvgIpc) is 2.75. The minimum atomic E-state index is -0.910. The van der Waals surface area contributed by atoms with E-state index < -0.39 is 5.60 Å². The Kier molecular flexibility index (Phi) is 6.77. The van der Waals surface area contributed by atoms with Crippen molar-refractivity contribution in [3.63, 3.8) is 0 Å². The Balaban J connectivity index is 1.34. The summed E-state index contributed by atoms with van der Waals surface area (Å²) < 4.78 is 2.55. The summed E-state index contributed by atoms with van der Waals surface area (Å²) in [5.74, 6) is 0.458. The maximum absolute atomic E-state index is 12.6. The van der Waals surface area contributed by atoms with Gasteiger partial charge in [0.05, 0.1) is 18.5 Å². The minimum absolute atomic E-state index is 0.197. The molecule has 8 heteroatoms. The van der Waals surface area contributed by atoms with Crippen molar-refractivity contribution in [1.82, 2.24) is 14.5 Å². The summed E-state index contributed by atoms with van der Waals surface area (Å²) in [6.07, 6.45) is 2.72. The average molecular weight is 504 g/mol. The van der Waals surface area contributed by atoms with E-state index in [4.69, 9.17) is 11.6 Å². The van der Waals surface area contributed by atoms with Gasteiger partial charge in [-0.05, 0) is 54.8 Å². The fourth-order valence-electron chi connectivity index (χ4n) is 3.74. The van der Waals surface area contributed by atoms with Crippen molar-refractivity contribution >= 4 is 39.0 Å². The normalized spacial score (nSPS) is 16.2. The van der Waals surface area contributed by atoms with Crippen molar-refractivity contribution in [2.24, 2.45) is 0 Å². The summed E-state index contributed by atoms with van der Waals surface area (Å²) >= 11 is 9.35. The molecule has 0 bridgehead atoms. The van der Waals surface area contributed by atoms with Gasteiger partial charge in [0.15, 0.2) is 0 Å². The maximum atomic E-state index is 12.6. The van der Waals surface area contributed by atoms with Gasteiger partial charge >= 0.3 is 0 Å². The summed E-state index contributed by atoms with van der Waals surface area (Å²) in [6, 6.07) is 16.9. The number of rotatable bonds is 6. The highest BCUT2D eigenvalue weighted by molar-refractivity contribution is 9.10. The van der Waals surface area contributed by atoms with Crippen LogP contribution in [0.25, 0.3) is 0 Å². The monoisotopic (exact) mass is 502 g/mol. The zero-order valence-electron chi connectivity index (χ0n) is 17.0. The van der Waals surface area contributed by atoms with E-state index in [1.54, 1.807) is 12.1 Å². The molecular weight excluding hydrogens is 480 g/mol. The summed E-state index contributed by atoms with van der Waals surface area (Å²) in [4.78, 5) is 19.2. The third kappa shape index (κ3) is 5.95. The van der Waals surface area contributed by atoms with E-state index in [0.29, 0.717) is 23.7 Å². The molecule has 0 radical (unpaired) electrons. The third-order valence-electron chi connectivity index (χ3n) is 5.57. The number of nitrogens with one attached hydrogen (secondary N) is 1. The van der Waals surface area contributed by atoms with Gasteiger partial charge < -0.3 is 10.4 Å². The van der Waals surface area contributed by atoms with Gasteiger partial charge in [0.1, 0.15) is 5.82 Å². The highest BCUT2D eigenvalue weighted by Crippen LogP contribution is 2.25. The Hall–Kier alpha value is -2.19. The molecule has 3 aromatic rings. The van der Waals surface area contributed by atoms with Crippen LogP contribution in [-0.4, -0.2) is 38.2 Å². The van der Waals surface area contributed by atoms with Crippen LogP contribution in [0.5, 0.6) is 0 Å². The Bertz CT molecular complexity index is 1080. The van der Waals surface area contributed by atoms with Crippen LogP contribution in [0.3, 0.4) is 0 Å². The van der Waals surface area contributed by atoms with Crippen molar-refractivity contribution < 1.29 is 5.11 Å². The van der Waals surface area contributed by atoms with E-state index in [1.807, 2.05) is 24.3 Å². The van der Waals surface area contributed by atoms with Crippen molar-refractivity contribution in [2.45, 2.75) is 31.5 Å². The minimum Gasteiger partial charge on any atom is -0.388 e. The number of anilines is 2. The van der Waals surface area contributed by atoms with Gasteiger partial charge in [-0.3, -0.25) is 14.3 Å². The number of likely N-dealkylation sites (tertiary alicyclic amines) is 1. The number of aliphatic hydroxyl groups is 1. The second-order valence-corrected chi connectivity index (χ2v) is 9.35. The molecule has 0 spiro atoms. The number of piperidine rings is 1. The first-order valence-electron chi connectivity index (χ1n) is 10.2. The lowest BCUT2D eigenvalue weighted by Gasteiger charge is -2.38. The van der Waals surface area contributed by atoms with Crippen LogP contribution in [-0.2, 0) is 13.1 Å². The molecule has 0 aliphatic carbocycles. The molecule has 1 aliphatic rings. The molecule has 0 saturated carbocycles. The van der Waals surface area contributed by atoms with Crippen LogP contribution in [0.2, 0.25) is 5.02 Å². The zero-order chi connectivity index (χ0) is 21.8. The molecular formula is C23H24BrClN4O2. The Morgan fingerprint density at radius 1 is 1.10 bits per heavy atom.